The van der Waals surface area contributed by atoms with Crippen LogP contribution in [0.4, 0.5) is 5.69 Å². The average molecular weight is 449 g/mol. The number of fused-ring (bicyclic) bond motifs is 2. The molecule has 3 aromatic rings. The Bertz CT molecular complexity index is 1200. The number of ether oxygens (including phenoxy) is 1. The lowest BCUT2D eigenvalue weighted by Gasteiger charge is -2.37. The molecule has 2 amide bonds. The Balaban J connectivity index is 1.43. The molecule has 3 aliphatic rings. The molecule has 0 saturated carbocycles. The summed E-state index contributed by atoms with van der Waals surface area (Å²) in [6, 6.07) is 10.8. The van der Waals surface area contributed by atoms with E-state index in [0.29, 0.717) is 32.0 Å². The third-order valence-corrected chi connectivity index (χ3v) is 7.72. The highest BCUT2D eigenvalue weighted by Crippen LogP contribution is 2.45. The van der Waals surface area contributed by atoms with E-state index in [1.54, 1.807) is 11.3 Å². The fourth-order valence-corrected chi connectivity index (χ4v) is 6.15. The maximum Gasteiger partial charge on any atom is 0.230 e. The third-order valence-electron chi connectivity index (χ3n) is 6.57. The molecule has 0 aliphatic carbocycles. The molecule has 1 aromatic carbocycles. The molecule has 0 unspecified atom stereocenters. The van der Waals surface area contributed by atoms with Crippen molar-refractivity contribution >= 4 is 39.1 Å². The van der Waals surface area contributed by atoms with Crippen LogP contribution in [0.25, 0.3) is 21.3 Å². The van der Waals surface area contributed by atoms with E-state index in [1.807, 2.05) is 18.3 Å². The maximum atomic E-state index is 12.1. The number of aromatic nitrogens is 1. The predicted octanol–water partition coefficient (Wildman–Crippen LogP) is 3.17. The number of likely N-dealkylation sites (tertiary alicyclic amines) is 1. The molecule has 8 heteroatoms. The summed E-state index contributed by atoms with van der Waals surface area (Å²) in [5.74, 6) is 0.752. The minimum atomic E-state index is -0.0873. The highest BCUT2D eigenvalue weighted by molar-refractivity contribution is 7.19. The smallest absolute Gasteiger partial charge is 0.230 e. The maximum absolute atomic E-state index is 12.1. The summed E-state index contributed by atoms with van der Waals surface area (Å²) in [5.41, 5.74) is 4.30. The molecule has 1 N–H and O–H groups in total. The molecule has 32 heavy (non-hydrogen) atoms. The van der Waals surface area contributed by atoms with Crippen LogP contribution >= 0.6 is 11.3 Å². The zero-order valence-electron chi connectivity index (χ0n) is 17.7. The lowest BCUT2D eigenvalue weighted by atomic mass is 10.0. The van der Waals surface area contributed by atoms with Gasteiger partial charge in [0.1, 0.15) is 12.4 Å². The molecule has 0 bridgehead atoms. The molecule has 3 aliphatic heterocycles. The van der Waals surface area contributed by atoms with Crippen molar-refractivity contribution in [3.05, 3.63) is 41.4 Å². The second kappa shape index (κ2) is 7.86. The molecule has 2 aromatic heterocycles. The van der Waals surface area contributed by atoms with Gasteiger partial charge in [0.05, 0.1) is 29.0 Å². The number of rotatable bonds is 4. The first-order valence-electron chi connectivity index (χ1n) is 11.1. The number of anilines is 1. The number of benzene rings is 1. The third kappa shape index (κ3) is 3.25. The van der Waals surface area contributed by atoms with Crippen LogP contribution in [0.3, 0.4) is 0 Å². The van der Waals surface area contributed by atoms with Gasteiger partial charge in [-0.1, -0.05) is 12.1 Å². The minimum absolute atomic E-state index is 0.0873. The summed E-state index contributed by atoms with van der Waals surface area (Å²) in [5, 5.41) is 3.48. The highest BCUT2D eigenvalue weighted by atomic mass is 32.1. The van der Waals surface area contributed by atoms with Crippen LogP contribution in [-0.4, -0.2) is 54.0 Å². The van der Waals surface area contributed by atoms with E-state index in [-0.39, 0.29) is 11.8 Å². The van der Waals surface area contributed by atoms with E-state index in [1.165, 1.54) is 4.90 Å². The van der Waals surface area contributed by atoms with E-state index in [9.17, 15) is 9.59 Å². The molecular formula is C24H24N4O3S. The van der Waals surface area contributed by atoms with Gasteiger partial charge in [0.15, 0.2) is 0 Å². The summed E-state index contributed by atoms with van der Waals surface area (Å²) in [6.07, 6.45) is 3.59. The Kier molecular flexibility index (Phi) is 4.84. The van der Waals surface area contributed by atoms with Crippen LogP contribution in [0.5, 0.6) is 5.75 Å². The van der Waals surface area contributed by atoms with Gasteiger partial charge >= 0.3 is 0 Å². The van der Waals surface area contributed by atoms with Gasteiger partial charge in [-0.2, -0.15) is 0 Å². The van der Waals surface area contributed by atoms with Gasteiger partial charge in [0, 0.05) is 47.6 Å². The van der Waals surface area contributed by atoms with E-state index < -0.39 is 0 Å². The number of hydrogen-bond donors (Lipinski definition) is 1. The fraction of sp³-hybridized carbons (Fsp3) is 0.375. The summed E-state index contributed by atoms with van der Waals surface area (Å²) in [4.78, 5) is 33.6. The Morgan fingerprint density at radius 1 is 1.16 bits per heavy atom. The van der Waals surface area contributed by atoms with Crippen LogP contribution in [0.15, 0.2) is 36.5 Å². The van der Waals surface area contributed by atoms with Gasteiger partial charge in [0.2, 0.25) is 11.8 Å². The molecule has 0 spiro atoms. The van der Waals surface area contributed by atoms with Crippen molar-refractivity contribution in [1.82, 2.24) is 15.2 Å². The zero-order chi connectivity index (χ0) is 21.7. The molecule has 1 atom stereocenters. The van der Waals surface area contributed by atoms with E-state index >= 15 is 0 Å². The number of hydrogen-bond acceptors (Lipinski definition) is 7. The first kappa shape index (κ1) is 19.7. The summed E-state index contributed by atoms with van der Waals surface area (Å²) in [6.45, 7) is 3.93. The van der Waals surface area contributed by atoms with E-state index in [0.717, 1.165) is 63.7 Å². The van der Waals surface area contributed by atoms with Crippen molar-refractivity contribution < 1.29 is 14.3 Å². The number of imide groups is 1. The zero-order valence-corrected chi connectivity index (χ0v) is 18.5. The van der Waals surface area contributed by atoms with Crippen molar-refractivity contribution in [1.29, 1.82) is 0 Å². The van der Waals surface area contributed by atoms with Crippen LogP contribution < -0.4 is 15.0 Å². The summed E-state index contributed by atoms with van der Waals surface area (Å²) in [7, 11) is 0. The van der Waals surface area contributed by atoms with E-state index in [2.05, 4.69) is 33.4 Å². The van der Waals surface area contributed by atoms with Gasteiger partial charge in [-0.3, -0.25) is 19.5 Å². The number of nitrogens with one attached hydrogen (secondary N) is 1. The van der Waals surface area contributed by atoms with Gasteiger partial charge in [-0.05, 0) is 31.2 Å². The summed E-state index contributed by atoms with van der Waals surface area (Å²) >= 11 is 1.61. The first-order valence-corrected chi connectivity index (χ1v) is 11.9. The number of nitrogens with zero attached hydrogens (tertiary/aromatic N) is 3. The number of thiophene rings is 1. The number of carbonyl (C=O) groups is 2. The fourth-order valence-electron chi connectivity index (χ4n) is 5.02. The predicted molar refractivity (Wildman–Crippen MR) is 124 cm³/mol. The molecule has 5 heterocycles. The van der Waals surface area contributed by atoms with Crippen molar-refractivity contribution in [2.45, 2.75) is 31.8 Å². The molecule has 0 radical (unpaired) electrons. The molecular weight excluding hydrogens is 424 g/mol. The van der Waals surface area contributed by atoms with Crippen LogP contribution in [0, 0.1) is 0 Å². The summed E-state index contributed by atoms with van der Waals surface area (Å²) < 4.78 is 7.12. The standard InChI is InChI=1S/C24H24N4O3S/c29-21-4-5-22(30)28(21)14-16-12-19-24(32-16)18(7-9-26-19)17-2-1-3-20-23(17)27(10-11-31-20)15-6-8-25-13-15/h1-3,7,9,12,15,25H,4-6,8,10-11,13-14H2/t15-/m0/s1. The Hall–Kier alpha value is -2.97. The van der Waals surface area contributed by atoms with Gasteiger partial charge in [0.25, 0.3) is 0 Å². The average Bonchev–Trinajstić information content (AvgIpc) is 3.55. The van der Waals surface area contributed by atoms with Crippen molar-refractivity contribution in [2.24, 2.45) is 0 Å². The second-order valence-electron chi connectivity index (χ2n) is 8.50. The number of pyridine rings is 1. The second-order valence-corrected chi connectivity index (χ2v) is 9.64. The largest absolute Gasteiger partial charge is 0.490 e. The SMILES string of the molecule is O=C1CCC(=O)N1Cc1cc2nccc(-c3cccc4c3N([C@H]3CCNC3)CCO4)c2s1. The molecule has 2 fully saturated rings. The Labute approximate surface area is 190 Å². The molecule has 6 rings (SSSR count). The number of para-hydroxylation sites is 1. The highest BCUT2D eigenvalue weighted by Gasteiger charge is 2.31. The van der Waals surface area contributed by atoms with Crippen molar-refractivity contribution in [3.8, 4) is 16.9 Å². The van der Waals surface area contributed by atoms with Crippen LogP contribution in [0.1, 0.15) is 24.1 Å². The van der Waals surface area contributed by atoms with Gasteiger partial charge in [-0.25, -0.2) is 0 Å². The Morgan fingerprint density at radius 3 is 2.84 bits per heavy atom. The number of carbonyl (C=O) groups excluding carboxylic acids is 2. The topological polar surface area (TPSA) is 74.8 Å². The lowest BCUT2D eigenvalue weighted by Crippen LogP contribution is -2.42. The normalized spacial score (nSPS) is 20.8. The lowest BCUT2D eigenvalue weighted by molar-refractivity contribution is -0.138. The van der Waals surface area contributed by atoms with Gasteiger partial charge in [-0.15, -0.1) is 11.3 Å². The molecule has 2 saturated heterocycles. The van der Waals surface area contributed by atoms with Crippen molar-refractivity contribution in [3.63, 3.8) is 0 Å². The van der Waals surface area contributed by atoms with Crippen LogP contribution in [-0.2, 0) is 16.1 Å². The molecule has 164 valence electrons. The monoisotopic (exact) mass is 448 g/mol. The van der Waals surface area contributed by atoms with Gasteiger partial charge < -0.3 is 15.0 Å². The van der Waals surface area contributed by atoms with E-state index in [4.69, 9.17) is 4.74 Å². The minimum Gasteiger partial charge on any atom is -0.490 e. The number of amides is 2. The Morgan fingerprint density at radius 2 is 2.03 bits per heavy atom. The molecule has 7 nitrogen and oxygen atoms in total. The first-order chi connectivity index (χ1) is 15.7. The van der Waals surface area contributed by atoms with Crippen LogP contribution in [0.2, 0.25) is 0 Å². The van der Waals surface area contributed by atoms with Crippen molar-refractivity contribution in [2.75, 3.05) is 31.1 Å². The quantitative estimate of drug-likeness (QED) is 0.618.